The van der Waals surface area contributed by atoms with Crippen molar-refractivity contribution >= 4 is 35.4 Å². The minimum Gasteiger partial charge on any atom is -0.451 e. The number of nitrogens with zero attached hydrogens (tertiary/aromatic N) is 2. The second-order valence-corrected chi connectivity index (χ2v) is 11.8. The van der Waals surface area contributed by atoms with Crippen molar-refractivity contribution in [3.8, 4) is 0 Å². The van der Waals surface area contributed by atoms with Crippen LogP contribution in [-0.4, -0.2) is 50.0 Å². The van der Waals surface area contributed by atoms with Crippen molar-refractivity contribution in [3.05, 3.63) is 112 Å². The minimum atomic E-state index is -0.856. The summed E-state index contributed by atoms with van der Waals surface area (Å²) in [6.45, 7) is 3.63. The molecule has 11 heteroatoms. The number of nitrogens with one attached hydrogen (secondary N) is 1. The molecule has 2 heterocycles. The van der Waals surface area contributed by atoms with E-state index in [2.05, 4.69) is 5.32 Å². The van der Waals surface area contributed by atoms with E-state index >= 15 is 0 Å². The number of thioether (sulfide) groups is 1. The highest BCUT2D eigenvalue weighted by molar-refractivity contribution is 8.01. The zero-order valence-electron chi connectivity index (χ0n) is 21.8. The van der Waals surface area contributed by atoms with E-state index in [-0.39, 0.29) is 12.3 Å². The number of hydrogen-bond acceptors (Lipinski definition) is 8. The summed E-state index contributed by atoms with van der Waals surface area (Å²) in [6, 6.07) is 22.7. The standard InChI is InChI=1S/C29H27N3O7S/c1-29(2)24(27(34)39-23(19-9-5-3-6-10-19)20-11-7-4-8-12-20)31-25(33)22(26(31)40-29)30-28(35)38-17-18-13-15-21(16-14-18)32(36)37/h3-16,22-24,26H,17H2,1-2H3,(H,30,35)/t22?,24-,26+/m0/s1. The number of hydrogen-bond donors (Lipinski definition) is 1. The molecule has 2 saturated heterocycles. The quantitative estimate of drug-likeness (QED) is 0.183. The van der Waals surface area contributed by atoms with Crippen LogP contribution < -0.4 is 5.32 Å². The van der Waals surface area contributed by atoms with Crippen molar-refractivity contribution in [3.63, 3.8) is 0 Å². The summed E-state index contributed by atoms with van der Waals surface area (Å²) < 4.78 is 10.6. The summed E-state index contributed by atoms with van der Waals surface area (Å²) in [4.78, 5) is 51.0. The van der Waals surface area contributed by atoms with Gasteiger partial charge in [0.25, 0.3) is 5.69 Å². The number of benzene rings is 3. The number of rotatable bonds is 8. The maximum absolute atomic E-state index is 13.6. The van der Waals surface area contributed by atoms with E-state index in [1.165, 1.54) is 40.9 Å². The van der Waals surface area contributed by atoms with Gasteiger partial charge in [-0.2, -0.15) is 0 Å². The van der Waals surface area contributed by atoms with Crippen molar-refractivity contribution in [2.45, 2.75) is 48.8 Å². The van der Waals surface area contributed by atoms with Crippen LogP contribution in [0.2, 0.25) is 0 Å². The van der Waals surface area contributed by atoms with Gasteiger partial charge in [0.1, 0.15) is 24.1 Å². The molecule has 40 heavy (non-hydrogen) atoms. The van der Waals surface area contributed by atoms with Gasteiger partial charge in [-0.15, -0.1) is 11.8 Å². The Bertz CT molecular complexity index is 1380. The number of carbonyl (C=O) groups excluding carboxylic acids is 3. The number of amides is 2. The molecule has 0 aromatic heterocycles. The van der Waals surface area contributed by atoms with Crippen LogP contribution in [0.4, 0.5) is 10.5 Å². The molecule has 0 saturated carbocycles. The molecular weight excluding hydrogens is 534 g/mol. The van der Waals surface area contributed by atoms with E-state index in [1.807, 2.05) is 74.5 Å². The number of fused-ring (bicyclic) bond motifs is 1. The molecule has 5 rings (SSSR count). The van der Waals surface area contributed by atoms with Gasteiger partial charge in [0, 0.05) is 16.9 Å². The van der Waals surface area contributed by atoms with Gasteiger partial charge in [0.05, 0.1) is 4.92 Å². The number of non-ortho nitro benzene ring substituents is 1. The molecule has 1 N–H and O–H groups in total. The van der Waals surface area contributed by atoms with E-state index in [0.29, 0.717) is 5.56 Å². The van der Waals surface area contributed by atoms with Crippen molar-refractivity contribution in [2.75, 3.05) is 0 Å². The number of ether oxygens (including phenoxy) is 2. The molecule has 1 unspecified atom stereocenters. The number of esters is 1. The number of nitro benzene ring substituents is 1. The molecule has 2 aliphatic rings. The maximum atomic E-state index is 13.6. The largest absolute Gasteiger partial charge is 0.451 e. The van der Waals surface area contributed by atoms with Gasteiger partial charge in [0.15, 0.2) is 6.10 Å². The average molecular weight is 562 g/mol. The van der Waals surface area contributed by atoms with Gasteiger partial charge in [-0.1, -0.05) is 60.7 Å². The van der Waals surface area contributed by atoms with Crippen LogP contribution in [-0.2, 0) is 25.7 Å². The monoisotopic (exact) mass is 561 g/mol. The molecule has 3 aromatic carbocycles. The highest BCUT2D eigenvalue weighted by Gasteiger charge is 2.64. The molecule has 10 nitrogen and oxygen atoms in total. The summed E-state index contributed by atoms with van der Waals surface area (Å²) in [5.74, 6) is -0.918. The summed E-state index contributed by atoms with van der Waals surface area (Å²) >= 11 is 1.42. The van der Waals surface area contributed by atoms with E-state index in [0.717, 1.165) is 11.1 Å². The molecule has 2 aliphatic heterocycles. The Morgan fingerprint density at radius 1 is 1.00 bits per heavy atom. The molecule has 0 bridgehead atoms. The number of alkyl carbamates (subject to hydrolysis) is 1. The second-order valence-electron chi connectivity index (χ2n) is 10.0. The SMILES string of the molecule is CC1(C)S[C@@H]2C(NC(=O)OCc3ccc([N+](=O)[O-])cc3)C(=O)N2[C@H]1C(=O)OC(c1ccccc1)c1ccccc1. The third-order valence-corrected chi connectivity index (χ3v) is 8.46. The lowest BCUT2D eigenvalue weighted by molar-refractivity contribution is -0.384. The lowest BCUT2D eigenvalue weighted by Crippen LogP contribution is -2.70. The smallest absolute Gasteiger partial charge is 0.408 e. The molecule has 0 radical (unpaired) electrons. The van der Waals surface area contributed by atoms with E-state index in [4.69, 9.17) is 9.47 Å². The first-order chi connectivity index (χ1) is 19.2. The van der Waals surface area contributed by atoms with Crippen LogP contribution in [0.25, 0.3) is 0 Å². The number of nitro groups is 1. The summed E-state index contributed by atoms with van der Waals surface area (Å²) in [5, 5.41) is 12.9. The van der Waals surface area contributed by atoms with Crippen LogP contribution in [0.15, 0.2) is 84.9 Å². The van der Waals surface area contributed by atoms with Gasteiger partial charge >= 0.3 is 12.1 Å². The maximum Gasteiger partial charge on any atom is 0.408 e. The second kappa shape index (κ2) is 11.0. The Hall–Kier alpha value is -4.38. The Morgan fingerprint density at radius 2 is 1.57 bits per heavy atom. The topological polar surface area (TPSA) is 128 Å². The first kappa shape index (κ1) is 27.2. The molecule has 3 atom stereocenters. The molecule has 2 fully saturated rings. The van der Waals surface area contributed by atoms with E-state index in [9.17, 15) is 24.5 Å². The van der Waals surface area contributed by atoms with Gasteiger partial charge in [-0.25, -0.2) is 9.59 Å². The van der Waals surface area contributed by atoms with Crippen LogP contribution in [0.5, 0.6) is 0 Å². The van der Waals surface area contributed by atoms with Crippen LogP contribution in [0.3, 0.4) is 0 Å². The van der Waals surface area contributed by atoms with Gasteiger partial charge in [-0.05, 0) is 42.7 Å². The number of carbonyl (C=O) groups is 3. The summed E-state index contributed by atoms with van der Waals surface area (Å²) in [7, 11) is 0. The van der Waals surface area contributed by atoms with E-state index < -0.39 is 51.2 Å². The lowest BCUT2D eigenvalue weighted by Gasteiger charge is -2.43. The van der Waals surface area contributed by atoms with Crippen molar-refractivity contribution in [1.29, 1.82) is 0 Å². The van der Waals surface area contributed by atoms with Gasteiger partial charge in [-0.3, -0.25) is 14.9 Å². The third kappa shape index (κ3) is 5.37. The fourth-order valence-corrected chi connectivity index (χ4v) is 6.54. The highest BCUT2D eigenvalue weighted by atomic mass is 32.2. The molecular formula is C29H27N3O7S. The summed E-state index contributed by atoms with van der Waals surface area (Å²) in [5.41, 5.74) is 2.12. The lowest BCUT2D eigenvalue weighted by atomic mass is 9.95. The average Bonchev–Trinajstić information content (AvgIpc) is 3.22. The van der Waals surface area contributed by atoms with Crippen LogP contribution >= 0.6 is 11.8 Å². The van der Waals surface area contributed by atoms with Crippen LogP contribution in [0, 0.1) is 10.1 Å². The molecule has 0 aliphatic carbocycles. The Balaban J connectivity index is 1.24. The fraction of sp³-hybridized carbons (Fsp3) is 0.276. The van der Waals surface area contributed by atoms with Crippen molar-refractivity contribution in [2.24, 2.45) is 0 Å². The predicted molar refractivity (Wildman–Crippen MR) is 147 cm³/mol. The Morgan fingerprint density at radius 3 is 2.12 bits per heavy atom. The zero-order valence-corrected chi connectivity index (χ0v) is 22.6. The van der Waals surface area contributed by atoms with Crippen LogP contribution in [0.1, 0.15) is 36.6 Å². The Kier molecular flexibility index (Phi) is 7.49. The first-order valence-electron chi connectivity index (χ1n) is 12.6. The van der Waals surface area contributed by atoms with Crippen molar-refractivity contribution in [1.82, 2.24) is 10.2 Å². The van der Waals surface area contributed by atoms with Gasteiger partial charge in [0.2, 0.25) is 5.91 Å². The fourth-order valence-electron chi connectivity index (χ4n) is 4.92. The zero-order chi connectivity index (χ0) is 28.4. The first-order valence-corrected chi connectivity index (χ1v) is 13.5. The Labute approximate surface area is 234 Å². The van der Waals surface area contributed by atoms with E-state index in [1.54, 1.807) is 0 Å². The molecule has 3 aromatic rings. The molecule has 0 spiro atoms. The minimum absolute atomic E-state index is 0.0684. The third-order valence-electron chi connectivity index (χ3n) is 6.89. The molecule has 206 valence electrons. The molecule has 2 amide bonds. The van der Waals surface area contributed by atoms with Gasteiger partial charge < -0.3 is 19.7 Å². The normalized spacial score (nSPS) is 20.8. The summed E-state index contributed by atoms with van der Waals surface area (Å²) in [6.07, 6.45) is -1.44. The highest BCUT2D eigenvalue weighted by Crippen LogP contribution is 2.51. The number of β-lactam (4-membered cyclic amide) rings is 1. The predicted octanol–water partition coefficient (Wildman–Crippen LogP) is 4.58. The van der Waals surface area contributed by atoms with Crippen molar-refractivity contribution < 1.29 is 28.8 Å².